The molecule has 2 heterocycles. The van der Waals surface area contributed by atoms with Crippen LogP contribution in [0, 0.1) is 10.1 Å². The monoisotopic (exact) mass is 501 g/mol. The summed E-state index contributed by atoms with van der Waals surface area (Å²) in [5.74, 6) is -0.942. The van der Waals surface area contributed by atoms with Crippen molar-refractivity contribution >= 4 is 46.3 Å². The Morgan fingerprint density at radius 2 is 2.03 bits per heavy atom. The average Bonchev–Trinajstić information content (AvgIpc) is 3.43. The molecule has 0 unspecified atom stereocenters. The molecule has 0 aliphatic carbocycles. The van der Waals surface area contributed by atoms with Crippen molar-refractivity contribution < 1.29 is 14.3 Å². The number of anilines is 1. The molecule has 0 atom stereocenters. The number of hydrogen-bond donors (Lipinski definition) is 2. The standard InChI is InChI=1S/C19H13Cl2N9O4/c1-9(13-6-5-11(20)8-14(13)21)23-25-19(31)15-16(10-3-2-4-12(7-10)30(32)33)29(28-24-15)18-17(22)26-34-27-18/h2-8H,1H3,(H2,22,26)(H,25,31)/b23-9-. The molecule has 3 N–H and O–H groups in total. The number of hydrazone groups is 1. The van der Waals surface area contributed by atoms with E-state index < -0.39 is 10.8 Å². The van der Waals surface area contributed by atoms with E-state index in [0.717, 1.165) is 4.68 Å². The number of non-ortho nitro benzene ring substituents is 1. The maximum absolute atomic E-state index is 13.0. The first-order valence-electron chi connectivity index (χ1n) is 9.35. The van der Waals surface area contributed by atoms with Crippen molar-refractivity contribution in [2.75, 3.05) is 5.73 Å². The molecule has 4 aromatic rings. The predicted octanol–water partition coefficient (Wildman–Crippen LogP) is 3.27. The molecule has 34 heavy (non-hydrogen) atoms. The van der Waals surface area contributed by atoms with Crippen molar-refractivity contribution in [2.24, 2.45) is 5.10 Å². The summed E-state index contributed by atoms with van der Waals surface area (Å²) in [7, 11) is 0. The fraction of sp³-hybridized carbons (Fsp3) is 0.0526. The first kappa shape index (κ1) is 22.8. The second kappa shape index (κ2) is 9.25. The zero-order chi connectivity index (χ0) is 24.4. The average molecular weight is 502 g/mol. The van der Waals surface area contributed by atoms with Gasteiger partial charge < -0.3 is 5.73 Å². The van der Waals surface area contributed by atoms with Gasteiger partial charge in [0.15, 0.2) is 5.69 Å². The maximum atomic E-state index is 13.0. The summed E-state index contributed by atoms with van der Waals surface area (Å²) in [5, 5.41) is 31.1. The number of nitrogens with zero attached hydrogens (tertiary/aromatic N) is 7. The van der Waals surface area contributed by atoms with Gasteiger partial charge in [0, 0.05) is 28.3 Å². The molecule has 2 aromatic heterocycles. The van der Waals surface area contributed by atoms with Crippen molar-refractivity contribution in [3.63, 3.8) is 0 Å². The van der Waals surface area contributed by atoms with Crippen molar-refractivity contribution in [1.29, 1.82) is 0 Å². The molecule has 15 heteroatoms. The number of nitrogens with two attached hydrogens (primary N) is 1. The second-order valence-corrected chi connectivity index (χ2v) is 7.58. The SMILES string of the molecule is C/C(=N/NC(=O)c1nnn(-c2nonc2N)c1-c1cccc([N+](=O)[O-])c1)c1ccc(Cl)cc1Cl. The van der Waals surface area contributed by atoms with Crippen LogP contribution in [0.1, 0.15) is 23.0 Å². The number of nitro benzene ring substituents is 1. The van der Waals surface area contributed by atoms with Crippen molar-refractivity contribution in [2.45, 2.75) is 6.92 Å². The maximum Gasteiger partial charge on any atom is 0.294 e. The minimum atomic E-state index is -0.757. The lowest BCUT2D eigenvalue weighted by atomic mass is 10.1. The van der Waals surface area contributed by atoms with Crippen LogP contribution in [0.2, 0.25) is 10.0 Å². The third-order valence-electron chi connectivity index (χ3n) is 4.56. The number of carbonyl (C=O) groups is 1. The highest BCUT2D eigenvalue weighted by Crippen LogP contribution is 2.29. The smallest absolute Gasteiger partial charge is 0.294 e. The minimum Gasteiger partial charge on any atom is -0.378 e. The van der Waals surface area contributed by atoms with Gasteiger partial charge in [0.2, 0.25) is 11.6 Å². The van der Waals surface area contributed by atoms with Gasteiger partial charge in [0.05, 0.1) is 15.7 Å². The fourth-order valence-corrected chi connectivity index (χ4v) is 3.52. The molecule has 2 aromatic carbocycles. The molecule has 0 fully saturated rings. The summed E-state index contributed by atoms with van der Waals surface area (Å²) < 4.78 is 5.69. The molecule has 0 radical (unpaired) electrons. The molecular formula is C19H13Cl2N9O4. The van der Waals surface area contributed by atoms with Crippen molar-refractivity contribution in [1.82, 2.24) is 30.7 Å². The lowest BCUT2D eigenvalue weighted by Crippen LogP contribution is -2.21. The first-order chi connectivity index (χ1) is 16.3. The van der Waals surface area contributed by atoms with E-state index >= 15 is 0 Å². The largest absolute Gasteiger partial charge is 0.378 e. The molecule has 13 nitrogen and oxygen atoms in total. The van der Waals surface area contributed by atoms with E-state index in [0.29, 0.717) is 21.3 Å². The zero-order valence-electron chi connectivity index (χ0n) is 17.1. The van der Waals surface area contributed by atoms with Gasteiger partial charge in [-0.1, -0.05) is 46.6 Å². The van der Waals surface area contributed by atoms with Crippen LogP contribution in [-0.2, 0) is 0 Å². The van der Waals surface area contributed by atoms with Crippen LogP contribution in [0.5, 0.6) is 0 Å². The highest BCUT2D eigenvalue weighted by molar-refractivity contribution is 6.37. The summed E-state index contributed by atoms with van der Waals surface area (Å²) in [4.78, 5) is 23.7. The van der Waals surface area contributed by atoms with Gasteiger partial charge >= 0.3 is 0 Å². The Hall–Kier alpha value is -4.36. The van der Waals surface area contributed by atoms with Gasteiger partial charge in [-0.3, -0.25) is 14.9 Å². The molecule has 0 saturated heterocycles. The van der Waals surface area contributed by atoms with Crippen LogP contribution in [-0.4, -0.2) is 41.8 Å². The number of rotatable bonds is 6. The summed E-state index contributed by atoms with van der Waals surface area (Å²) in [6.07, 6.45) is 0. The number of hydrogen-bond acceptors (Lipinski definition) is 10. The lowest BCUT2D eigenvalue weighted by Gasteiger charge is -2.07. The first-order valence-corrected chi connectivity index (χ1v) is 10.1. The number of carbonyl (C=O) groups excluding carboxylic acids is 1. The molecule has 172 valence electrons. The van der Waals surface area contributed by atoms with Gasteiger partial charge in [0.1, 0.15) is 5.69 Å². The zero-order valence-corrected chi connectivity index (χ0v) is 18.7. The minimum absolute atomic E-state index is 0.0549. The Balaban J connectivity index is 1.75. The van der Waals surface area contributed by atoms with E-state index in [1.807, 2.05) is 0 Å². The number of aromatic nitrogens is 5. The Morgan fingerprint density at radius 1 is 1.24 bits per heavy atom. The van der Waals surface area contributed by atoms with E-state index in [1.54, 1.807) is 25.1 Å². The Kier molecular flexibility index (Phi) is 6.21. The second-order valence-electron chi connectivity index (χ2n) is 6.74. The number of nitro groups is 1. The molecule has 0 saturated carbocycles. The van der Waals surface area contributed by atoms with Gasteiger partial charge in [-0.15, -0.1) is 5.10 Å². The van der Waals surface area contributed by atoms with Crippen LogP contribution in [0.4, 0.5) is 11.5 Å². The van der Waals surface area contributed by atoms with E-state index in [-0.39, 0.29) is 34.3 Å². The molecule has 0 aliphatic heterocycles. The third-order valence-corrected chi connectivity index (χ3v) is 5.11. The highest BCUT2D eigenvalue weighted by atomic mass is 35.5. The number of halogens is 2. The van der Waals surface area contributed by atoms with Gasteiger partial charge in [-0.25, -0.2) is 10.1 Å². The third kappa shape index (κ3) is 4.42. The molecule has 0 aliphatic rings. The van der Waals surface area contributed by atoms with Crippen LogP contribution in [0.15, 0.2) is 52.2 Å². The van der Waals surface area contributed by atoms with Crippen LogP contribution in [0.25, 0.3) is 17.1 Å². The van der Waals surface area contributed by atoms with Crippen LogP contribution >= 0.6 is 23.2 Å². The molecular weight excluding hydrogens is 489 g/mol. The Bertz CT molecular complexity index is 1450. The Labute approximate surface area is 200 Å². The van der Waals surface area contributed by atoms with Crippen molar-refractivity contribution in [3.8, 4) is 17.1 Å². The summed E-state index contributed by atoms with van der Waals surface area (Å²) in [6.45, 7) is 1.63. The molecule has 0 bridgehead atoms. The molecule has 4 rings (SSSR count). The normalized spacial score (nSPS) is 11.4. The van der Waals surface area contributed by atoms with E-state index in [2.05, 4.69) is 35.8 Å². The highest BCUT2D eigenvalue weighted by Gasteiger charge is 2.26. The topological polar surface area (TPSA) is 180 Å². The molecule has 1 amide bonds. The lowest BCUT2D eigenvalue weighted by molar-refractivity contribution is -0.384. The fourth-order valence-electron chi connectivity index (χ4n) is 2.98. The van der Waals surface area contributed by atoms with Gasteiger partial charge in [0.25, 0.3) is 11.6 Å². The van der Waals surface area contributed by atoms with Gasteiger partial charge in [-0.2, -0.15) is 9.78 Å². The summed E-state index contributed by atoms with van der Waals surface area (Å²) in [6, 6.07) is 10.4. The number of nitrogen functional groups attached to an aromatic ring is 1. The Morgan fingerprint density at radius 3 is 2.71 bits per heavy atom. The number of amides is 1. The van der Waals surface area contributed by atoms with E-state index in [9.17, 15) is 14.9 Å². The predicted molar refractivity (Wildman–Crippen MR) is 122 cm³/mol. The molecule has 0 spiro atoms. The van der Waals surface area contributed by atoms with E-state index in [1.165, 1.54) is 24.3 Å². The van der Waals surface area contributed by atoms with Crippen LogP contribution in [0.3, 0.4) is 0 Å². The number of nitrogens with one attached hydrogen (secondary N) is 1. The number of benzene rings is 2. The van der Waals surface area contributed by atoms with Gasteiger partial charge in [-0.05, 0) is 29.4 Å². The van der Waals surface area contributed by atoms with Crippen LogP contribution < -0.4 is 11.2 Å². The van der Waals surface area contributed by atoms with E-state index in [4.69, 9.17) is 28.9 Å². The summed E-state index contributed by atoms with van der Waals surface area (Å²) >= 11 is 12.1. The van der Waals surface area contributed by atoms with Crippen molar-refractivity contribution in [3.05, 3.63) is 73.9 Å². The quantitative estimate of drug-likeness (QED) is 0.227. The summed E-state index contributed by atoms with van der Waals surface area (Å²) in [5.41, 5.74) is 8.96.